The SMILES string of the molecule is C#CCC(CC)NC(C)C(=O)OC(C)(C)C. The van der Waals surface area contributed by atoms with Crippen LogP contribution in [0.5, 0.6) is 0 Å². The van der Waals surface area contributed by atoms with Crippen molar-refractivity contribution >= 4 is 5.97 Å². The lowest BCUT2D eigenvalue weighted by Crippen LogP contribution is -2.44. The molecule has 0 rings (SSSR count). The summed E-state index contributed by atoms with van der Waals surface area (Å²) in [4.78, 5) is 11.7. The highest BCUT2D eigenvalue weighted by Gasteiger charge is 2.22. The lowest BCUT2D eigenvalue weighted by Gasteiger charge is -2.25. The van der Waals surface area contributed by atoms with Crippen molar-refractivity contribution in [3.05, 3.63) is 0 Å². The van der Waals surface area contributed by atoms with Gasteiger partial charge in [0.2, 0.25) is 0 Å². The van der Waals surface area contributed by atoms with Gasteiger partial charge in [0.25, 0.3) is 0 Å². The molecular formula is C13H23NO2. The molecule has 0 aromatic rings. The summed E-state index contributed by atoms with van der Waals surface area (Å²) in [5, 5.41) is 3.17. The highest BCUT2D eigenvalue weighted by atomic mass is 16.6. The number of carbonyl (C=O) groups excluding carboxylic acids is 1. The Labute approximate surface area is 98.9 Å². The summed E-state index contributed by atoms with van der Waals surface area (Å²) < 4.78 is 5.27. The van der Waals surface area contributed by atoms with E-state index < -0.39 is 5.60 Å². The number of ether oxygens (including phenoxy) is 1. The number of carbonyl (C=O) groups is 1. The number of hydrogen-bond acceptors (Lipinski definition) is 3. The van der Waals surface area contributed by atoms with E-state index in [1.54, 1.807) is 6.92 Å². The number of esters is 1. The zero-order chi connectivity index (χ0) is 12.8. The molecule has 0 fully saturated rings. The van der Waals surface area contributed by atoms with Crippen LogP contribution in [0.3, 0.4) is 0 Å². The van der Waals surface area contributed by atoms with E-state index in [-0.39, 0.29) is 18.1 Å². The Morgan fingerprint density at radius 1 is 1.50 bits per heavy atom. The van der Waals surface area contributed by atoms with Gasteiger partial charge in [0, 0.05) is 12.5 Å². The van der Waals surface area contributed by atoms with Crippen molar-refractivity contribution in [3.63, 3.8) is 0 Å². The predicted molar refractivity (Wildman–Crippen MR) is 66.0 cm³/mol. The molecule has 16 heavy (non-hydrogen) atoms. The molecule has 0 aliphatic heterocycles. The lowest BCUT2D eigenvalue weighted by atomic mass is 10.1. The first-order chi connectivity index (χ1) is 7.30. The summed E-state index contributed by atoms with van der Waals surface area (Å²) in [6, 6.07) is -0.148. The Balaban J connectivity index is 4.19. The highest BCUT2D eigenvalue weighted by molar-refractivity contribution is 5.75. The fourth-order valence-corrected chi connectivity index (χ4v) is 1.28. The van der Waals surface area contributed by atoms with E-state index in [2.05, 4.69) is 11.2 Å². The third-order valence-electron chi connectivity index (χ3n) is 2.10. The molecule has 0 aliphatic rings. The fourth-order valence-electron chi connectivity index (χ4n) is 1.28. The smallest absolute Gasteiger partial charge is 0.323 e. The molecule has 0 bridgehead atoms. The van der Waals surface area contributed by atoms with Crippen LogP contribution >= 0.6 is 0 Å². The fraction of sp³-hybridized carbons (Fsp3) is 0.769. The van der Waals surface area contributed by atoms with Crippen LogP contribution in [0.4, 0.5) is 0 Å². The average molecular weight is 225 g/mol. The molecule has 92 valence electrons. The highest BCUT2D eigenvalue weighted by Crippen LogP contribution is 2.09. The van der Waals surface area contributed by atoms with E-state index in [1.165, 1.54) is 0 Å². The molecule has 1 N–H and O–H groups in total. The van der Waals surface area contributed by atoms with E-state index in [9.17, 15) is 4.79 Å². The molecule has 0 amide bonds. The maximum Gasteiger partial charge on any atom is 0.323 e. The summed E-state index contributed by atoms with van der Waals surface area (Å²) in [5.74, 6) is 2.36. The van der Waals surface area contributed by atoms with Crippen LogP contribution in [0.2, 0.25) is 0 Å². The molecule has 0 aromatic heterocycles. The summed E-state index contributed by atoms with van der Waals surface area (Å²) in [6.07, 6.45) is 6.78. The predicted octanol–water partition coefficient (Wildman–Crippen LogP) is 2.11. The van der Waals surface area contributed by atoms with Crippen molar-refractivity contribution in [2.45, 2.75) is 65.1 Å². The van der Waals surface area contributed by atoms with Gasteiger partial charge in [0.15, 0.2) is 0 Å². The summed E-state index contributed by atoms with van der Waals surface area (Å²) >= 11 is 0. The Hall–Kier alpha value is -1.01. The van der Waals surface area contributed by atoms with Gasteiger partial charge >= 0.3 is 5.97 Å². The van der Waals surface area contributed by atoms with Crippen molar-refractivity contribution in [2.24, 2.45) is 0 Å². The molecule has 0 heterocycles. The van der Waals surface area contributed by atoms with Crippen molar-refractivity contribution in [2.75, 3.05) is 0 Å². The third kappa shape index (κ3) is 6.47. The number of rotatable bonds is 5. The third-order valence-corrected chi connectivity index (χ3v) is 2.10. The standard InChI is InChI=1S/C13H23NO2/c1-7-9-11(8-2)14-10(3)12(15)16-13(4,5)6/h1,10-11,14H,8-9H2,2-6H3. The van der Waals surface area contributed by atoms with Crippen LogP contribution in [0.25, 0.3) is 0 Å². The second-order valence-corrected chi connectivity index (χ2v) is 4.94. The molecule has 3 nitrogen and oxygen atoms in total. The molecule has 3 heteroatoms. The molecule has 2 unspecified atom stereocenters. The molecule has 0 radical (unpaired) electrons. The van der Waals surface area contributed by atoms with Crippen molar-refractivity contribution < 1.29 is 9.53 Å². The maximum atomic E-state index is 11.7. The number of hydrogen-bond donors (Lipinski definition) is 1. The van der Waals surface area contributed by atoms with Gasteiger partial charge < -0.3 is 10.1 Å². The molecule has 2 atom stereocenters. The van der Waals surface area contributed by atoms with Gasteiger partial charge in [-0.25, -0.2) is 0 Å². The van der Waals surface area contributed by atoms with E-state index in [4.69, 9.17) is 11.2 Å². The second-order valence-electron chi connectivity index (χ2n) is 4.94. The first-order valence-electron chi connectivity index (χ1n) is 5.72. The largest absolute Gasteiger partial charge is 0.459 e. The molecular weight excluding hydrogens is 202 g/mol. The van der Waals surface area contributed by atoms with Gasteiger partial charge in [-0.2, -0.15) is 0 Å². The Bertz CT molecular complexity index is 260. The van der Waals surface area contributed by atoms with Crippen molar-refractivity contribution in [1.82, 2.24) is 5.32 Å². The van der Waals surface area contributed by atoms with Crippen molar-refractivity contribution in [1.29, 1.82) is 0 Å². The van der Waals surface area contributed by atoms with E-state index in [0.29, 0.717) is 6.42 Å². The van der Waals surface area contributed by atoms with Crippen LogP contribution in [0, 0.1) is 12.3 Å². The summed E-state index contributed by atoms with van der Waals surface area (Å²) in [5.41, 5.74) is -0.444. The molecule has 0 aromatic carbocycles. The van der Waals surface area contributed by atoms with Gasteiger partial charge in [0.05, 0.1) is 0 Å². The van der Waals surface area contributed by atoms with Crippen molar-refractivity contribution in [3.8, 4) is 12.3 Å². The maximum absolute atomic E-state index is 11.7. The number of terminal acetylenes is 1. The molecule has 0 spiro atoms. The summed E-state index contributed by atoms with van der Waals surface area (Å²) in [6.45, 7) is 9.41. The molecule has 0 saturated heterocycles. The van der Waals surface area contributed by atoms with Crippen LogP contribution < -0.4 is 5.32 Å². The topological polar surface area (TPSA) is 38.3 Å². The van der Waals surface area contributed by atoms with Gasteiger partial charge in [0.1, 0.15) is 11.6 Å². The summed E-state index contributed by atoms with van der Waals surface area (Å²) in [7, 11) is 0. The number of nitrogens with one attached hydrogen (secondary N) is 1. The van der Waals surface area contributed by atoms with E-state index in [0.717, 1.165) is 6.42 Å². The van der Waals surface area contributed by atoms with E-state index >= 15 is 0 Å². The first-order valence-corrected chi connectivity index (χ1v) is 5.72. The van der Waals surface area contributed by atoms with Crippen LogP contribution in [-0.4, -0.2) is 23.7 Å². The second kappa shape index (κ2) is 6.55. The zero-order valence-corrected chi connectivity index (χ0v) is 11.0. The van der Waals surface area contributed by atoms with Gasteiger partial charge in [-0.1, -0.05) is 6.92 Å². The average Bonchev–Trinajstić information content (AvgIpc) is 2.14. The Morgan fingerprint density at radius 3 is 2.44 bits per heavy atom. The van der Waals surface area contributed by atoms with Gasteiger partial charge in [-0.05, 0) is 34.1 Å². The monoisotopic (exact) mass is 225 g/mol. The molecule has 0 aliphatic carbocycles. The molecule has 0 saturated carbocycles. The Kier molecular flexibility index (Phi) is 6.13. The zero-order valence-electron chi connectivity index (χ0n) is 11.0. The van der Waals surface area contributed by atoms with Crippen LogP contribution in [0.15, 0.2) is 0 Å². The quantitative estimate of drug-likeness (QED) is 0.575. The lowest BCUT2D eigenvalue weighted by molar-refractivity contribution is -0.157. The van der Waals surface area contributed by atoms with Crippen LogP contribution in [0.1, 0.15) is 47.5 Å². The first kappa shape index (κ1) is 15.0. The minimum Gasteiger partial charge on any atom is -0.459 e. The minimum atomic E-state index is -0.444. The minimum absolute atomic E-state index is 0.174. The Morgan fingerprint density at radius 2 is 2.06 bits per heavy atom. The van der Waals surface area contributed by atoms with E-state index in [1.807, 2.05) is 27.7 Å². The van der Waals surface area contributed by atoms with Gasteiger partial charge in [-0.3, -0.25) is 4.79 Å². The van der Waals surface area contributed by atoms with Crippen LogP contribution in [-0.2, 0) is 9.53 Å². The normalized spacial score (nSPS) is 15.0. The van der Waals surface area contributed by atoms with Gasteiger partial charge in [-0.15, -0.1) is 12.3 Å².